The zero-order chi connectivity index (χ0) is 16.7. The van der Waals surface area contributed by atoms with E-state index < -0.39 is 0 Å². The van der Waals surface area contributed by atoms with Gasteiger partial charge in [0, 0.05) is 64.9 Å². The van der Waals surface area contributed by atoms with Crippen LogP contribution < -0.4 is 0 Å². The topological polar surface area (TPSA) is 36.0 Å². The SMILES string of the molecule is CCCOCCN1CCN(CC2CCC(=O)N(C(C)C)C2)CC1. The lowest BCUT2D eigenvalue weighted by Gasteiger charge is -2.40. The molecule has 0 N–H and O–H groups in total. The van der Waals surface area contributed by atoms with Gasteiger partial charge in [-0.05, 0) is 32.6 Å². The van der Waals surface area contributed by atoms with Gasteiger partial charge in [0.25, 0.3) is 0 Å². The summed E-state index contributed by atoms with van der Waals surface area (Å²) in [7, 11) is 0. The number of hydrogen-bond donors (Lipinski definition) is 0. The summed E-state index contributed by atoms with van der Waals surface area (Å²) in [5.41, 5.74) is 0. The highest BCUT2D eigenvalue weighted by Crippen LogP contribution is 2.21. The Balaban J connectivity index is 1.65. The van der Waals surface area contributed by atoms with Crippen molar-refractivity contribution in [2.75, 3.05) is 59.0 Å². The van der Waals surface area contributed by atoms with Gasteiger partial charge < -0.3 is 14.5 Å². The number of piperazine rings is 1. The van der Waals surface area contributed by atoms with Crippen molar-refractivity contribution < 1.29 is 9.53 Å². The van der Waals surface area contributed by atoms with Crippen LogP contribution in [0.15, 0.2) is 0 Å². The number of amides is 1. The zero-order valence-corrected chi connectivity index (χ0v) is 15.3. The fraction of sp³-hybridized carbons (Fsp3) is 0.944. The molecule has 0 aromatic rings. The first-order valence-electron chi connectivity index (χ1n) is 9.42. The second-order valence-corrected chi connectivity index (χ2v) is 7.30. The quantitative estimate of drug-likeness (QED) is 0.636. The number of hydrogen-bond acceptors (Lipinski definition) is 4. The van der Waals surface area contributed by atoms with Gasteiger partial charge in [0.1, 0.15) is 0 Å². The van der Waals surface area contributed by atoms with Crippen LogP contribution >= 0.6 is 0 Å². The summed E-state index contributed by atoms with van der Waals surface area (Å²) in [5.74, 6) is 0.989. The Morgan fingerprint density at radius 2 is 1.83 bits per heavy atom. The molecule has 2 fully saturated rings. The first kappa shape index (κ1) is 18.7. The Bertz CT molecular complexity index is 354. The van der Waals surface area contributed by atoms with Crippen molar-refractivity contribution in [3.63, 3.8) is 0 Å². The van der Waals surface area contributed by atoms with E-state index in [2.05, 4.69) is 35.5 Å². The molecule has 1 atom stereocenters. The Kier molecular flexibility index (Phi) is 7.80. The zero-order valence-electron chi connectivity index (χ0n) is 15.3. The minimum absolute atomic E-state index is 0.338. The van der Waals surface area contributed by atoms with Crippen molar-refractivity contribution in [1.29, 1.82) is 0 Å². The van der Waals surface area contributed by atoms with Gasteiger partial charge in [-0.25, -0.2) is 0 Å². The molecule has 2 aliphatic heterocycles. The lowest BCUT2D eigenvalue weighted by molar-refractivity contribution is -0.137. The number of ether oxygens (including phenoxy) is 1. The van der Waals surface area contributed by atoms with E-state index in [1.807, 2.05) is 0 Å². The first-order chi connectivity index (χ1) is 11.1. The molecule has 5 nitrogen and oxygen atoms in total. The summed E-state index contributed by atoms with van der Waals surface area (Å²) in [6, 6.07) is 0.338. The van der Waals surface area contributed by atoms with Crippen LogP contribution in [0.2, 0.25) is 0 Å². The molecule has 2 saturated heterocycles. The van der Waals surface area contributed by atoms with E-state index in [-0.39, 0.29) is 0 Å². The molecule has 23 heavy (non-hydrogen) atoms. The van der Waals surface area contributed by atoms with Crippen molar-refractivity contribution in [2.24, 2.45) is 5.92 Å². The number of piperidine rings is 1. The van der Waals surface area contributed by atoms with Crippen LogP contribution in [0.4, 0.5) is 0 Å². The van der Waals surface area contributed by atoms with E-state index in [4.69, 9.17) is 4.74 Å². The van der Waals surface area contributed by atoms with Crippen molar-refractivity contribution in [3.8, 4) is 0 Å². The molecule has 0 aromatic carbocycles. The van der Waals surface area contributed by atoms with E-state index in [1.54, 1.807) is 0 Å². The van der Waals surface area contributed by atoms with Gasteiger partial charge in [-0.1, -0.05) is 6.92 Å². The molecule has 0 spiro atoms. The predicted octanol–water partition coefficient (Wildman–Crippen LogP) is 1.68. The monoisotopic (exact) mass is 325 g/mol. The van der Waals surface area contributed by atoms with Crippen LogP contribution in [0, 0.1) is 5.92 Å². The molecule has 0 radical (unpaired) electrons. The molecule has 0 bridgehead atoms. The molecule has 1 amide bonds. The van der Waals surface area contributed by atoms with Crippen LogP contribution in [0.25, 0.3) is 0 Å². The molecular formula is C18H35N3O2. The van der Waals surface area contributed by atoms with E-state index in [1.165, 1.54) is 0 Å². The lowest BCUT2D eigenvalue weighted by atomic mass is 9.95. The largest absolute Gasteiger partial charge is 0.380 e. The molecule has 2 aliphatic rings. The van der Waals surface area contributed by atoms with Crippen LogP contribution in [-0.2, 0) is 9.53 Å². The van der Waals surface area contributed by atoms with E-state index >= 15 is 0 Å². The Morgan fingerprint density at radius 3 is 2.48 bits per heavy atom. The molecule has 0 aliphatic carbocycles. The first-order valence-corrected chi connectivity index (χ1v) is 9.42. The van der Waals surface area contributed by atoms with Gasteiger partial charge in [0.05, 0.1) is 6.61 Å². The summed E-state index contributed by atoms with van der Waals surface area (Å²) >= 11 is 0. The molecule has 5 heteroatoms. The van der Waals surface area contributed by atoms with Crippen molar-refractivity contribution >= 4 is 5.91 Å². The maximum Gasteiger partial charge on any atom is 0.222 e. The van der Waals surface area contributed by atoms with E-state index in [0.29, 0.717) is 17.9 Å². The van der Waals surface area contributed by atoms with Gasteiger partial charge in [0.15, 0.2) is 0 Å². The van der Waals surface area contributed by atoms with Crippen molar-refractivity contribution in [1.82, 2.24) is 14.7 Å². The average Bonchev–Trinajstić information content (AvgIpc) is 2.54. The number of likely N-dealkylation sites (tertiary alicyclic amines) is 1. The third kappa shape index (κ3) is 6.05. The van der Waals surface area contributed by atoms with E-state index in [9.17, 15) is 4.79 Å². The van der Waals surface area contributed by atoms with Crippen LogP contribution in [0.3, 0.4) is 0 Å². The average molecular weight is 325 g/mol. The Labute approximate surface area is 141 Å². The number of carbonyl (C=O) groups is 1. The summed E-state index contributed by atoms with van der Waals surface area (Å²) in [5, 5.41) is 0. The van der Waals surface area contributed by atoms with Gasteiger partial charge in [0.2, 0.25) is 5.91 Å². The van der Waals surface area contributed by atoms with Gasteiger partial charge in [-0.3, -0.25) is 9.69 Å². The van der Waals surface area contributed by atoms with Crippen molar-refractivity contribution in [2.45, 2.75) is 46.1 Å². The minimum atomic E-state index is 0.338. The van der Waals surface area contributed by atoms with Gasteiger partial charge in [-0.15, -0.1) is 0 Å². The highest BCUT2D eigenvalue weighted by Gasteiger charge is 2.29. The molecule has 2 heterocycles. The smallest absolute Gasteiger partial charge is 0.222 e. The summed E-state index contributed by atoms with van der Waals surface area (Å²) in [6.07, 6.45) is 2.90. The van der Waals surface area contributed by atoms with Gasteiger partial charge in [-0.2, -0.15) is 0 Å². The fourth-order valence-corrected chi connectivity index (χ4v) is 3.59. The highest BCUT2D eigenvalue weighted by molar-refractivity contribution is 5.77. The highest BCUT2D eigenvalue weighted by atomic mass is 16.5. The molecule has 1 unspecified atom stereocenters. The minimum Gasteiger partial charge on any atom is -0.380 e. The molecule has 2 rings (SSSR count). The number of nitrogens with zero attached hydrogens (tertiary/aromatic N) is 3. The third-order valence-corrected chi connectivity index (χ3v) is 5.05. The normalized spacial score (nSPS) is 24.6. The maximum atomic E-state index is 12.0. The van der Waals surface area contributed by atoms with Crippen LogP contribution in [-0.4, -0.2) is 85.7 Å². The summed E-state index contributed by atoms with van der Waals surface area (Å²) in [4.78, 5) is 19.1. The fourth-order valence-electron chi connectivity index (χ4n) is 3.59. The van der Waals surface area contributed by atoms with Crippen LogP contribution in [0.5, 0.6) is 0 Å². The molecule has 0 saturated carbocycles. The second kappa shape index (κ2) is 9.60. The number of rotatable bonds is 8. The van der Waals surface area contributed by atoms with Crippen LogP contribution in [0.1, 0.15) is 40.0 Å². The maximum absolute atomic E-state index is 12.0. The summed E-state index contributed by atoms with van der Waals surface area (Å²) < 4.78 is 5.59. The Hall–Kier alpha value is -0.650. The summed E-state index contributed by atoms with van der Waals surface area (Å²) in [6.45, 7) is 15.9. The second-order valence-electron chi connectivity index (χ2n) is 7.30. The molecular weight excluding hydrogens is 290 g/mol. The lowest BCUT2D eigenvalue weighted by Crippen LogP contribution is -2.51. The van der Waals surface area contributed by atoms with Crippen molar-refractivity contribution in [3.05, 3.63) is 0 Å². The third-order valence-electron chi connectivity index (χ3n) is 5.05. The Morgan fingerprint density at radius 1 is 1.13 bits per heavy atom. The molecule has 134 valence electrons. The van der Waals surface area contributed by atoms with Gasteiger partial charge >= 0.3 is 0 Å². The number of carbonyl (C=O) groups excluding carboxylic acids is 1. The van der Waals surface area contributed by atoms with E-state index in [0.717, 1.165) is 78.3 Å². The molecule has 0 aromatic heterocycles. The standard InChI is InChI=1S/C18H35N3O2/c1-4-12-23-13-11-19-7-9-20(10-8-19)14-17-5-6-18(22)21(15-17)16(2)3/h16-17H,4-15H2,1-3H3. The predicted molar refractivity (Wildman–Crippen MR) is 93.6 cm³/mol.